The van der Waals surface area contributed by atoms with Gasteiger partial charge in [-0.05, 0) is 43.0 Å². The Kier molecular flexibility index (Phi) is 6.24. The van der Waals surface area contributed by atoms with Crippen molar-refractivity contribution < 1.29 is 27.2 Å². The van der Waals surface area contributed by atoms with E-state index in [1.54, 1.807) is 6.07 Å². The number of aryl methyl sites for hydroxylation is 1. The maximum atomic E-state index is 13.2. The number of halogens is 3. The fourth-order valence-electron chi connectivity index (χ4n) is 3.36. The van der Waals surface area contributed by atoms with E-state index in [-0.39, 0.29) is 34.7 Å². The molecule has 0 atom stereocenters. The molecule has 2 amide bonds. The van der Waals surface area contributed by atoms with Crippen molar-refractivity contribution in [2.75, 3.05) is 11.1 Å². The molecule has 1 aliphatic carbocycles. The number of nitrogens with zero attached hydrogens (tertiary/aromatic N) is 2. The van der Waals surface area contributed by atoms with Crippen LogP contribution in [0.15, 0.2) is 34.0 Å². The van der Waals surface area contributed by atoms with Crippen LogP contribution in [0.25, 0.3) is 11.5 Å². The zero-order valence-electron chi connectivity index (χ0n) is 16.5. The third kappa shape index (κ3) is 4.80. The highest BCUT2D eigenvalue weighted by Gasteiger charge is 2.34. The first kappa shape index (κ1) is 22.3. The lowest BCUT2D eigenvalue weighted by molar-refractivity contribution is -0.141. The summed E-state index contributed by atoms with van der Waals surface area (Å²) in [7, 11) is 0. The van der Waals surface area contributed by atoms with Gasteiger partial charge >= 0.3 is 6.18 Å². The molecule has 1 aliphatic rings. The van der Waals surface area contributed by atoms with Gasteiger partial charge in [0.25, 0.3) is 5.91 Å². The third-order valence-corrected chi connectivity index (χ3v) is 6.81. The zero-order chi connectivity index (χ0) is 22.9. The summed E-state index contributed by atoms with van der Waals surface area (Å²) < 4.78 is 44.8. The Morgan fingerprint density at radius 1 is 1.28 bits per heavy atom. The van der Waals surface area contributed by atoms with Crippen LogP contribution in [0.1, 0.15) is 39.3 Å². The van der Waals surface area contributed by atoms with Crippen molar-refractivity contribution in [1.29, 1.82) is 0 Å². The topological polar surface area (TPSA) is 111 Å². The van der Waals surface area contributed by atoms with Gasteiger partial charge in [0.05, 0.1) is 11.8 Å². The Labute approximate surface area is 188 Å². The Bertz CT molecular complexity index is 1160. The fourth-order valence-corrected chi connectivity index (χ4v) is 5.47. The van der Waals surface area contributed by atoms with Crippen molar-refractivity contribution in [1.82, 2.24) is 9.97 Å². The van der Waals surface area contributed by atoms with Gasteiger partial charge in [-0.15, -0.1) is 11.3 Å². The predicted molar refractivity (Wildman–Crippen MR) is 114 cm³/mol. The number of thioether (sulfide) groups is 1. The first-order valence-corrected chi connectivity index (χ1v) is 11.4. The van der Waals surface area contributed by atoms with Gasteiger partial charge in [-0.2, -0.15) is 13.2 Å². The second-order valence-corrected chi connectivity index (χ2v) is 9.14. The van der Waals surface area contributed by atoms with Crippen molar-refractivity contribution in [3.8, 4) is 11.5 Å². The number of primary amides is 1. The number of carbonyl (C=O) groups is 2. The molecule has 0 unspecified atom stereocenters. The number of aromatic nitrogens is 2. The van der Waals surface area contributed by atoms with Crippen molar-refractivity contribution in [2.45, 2.75) is 37.0 Å². The van der Waals surface area contributed by atoms with Crippen molar-refractivity contribution in [3.63, 3.8) is 0 Å². The number of nitrogens with two attached hydrogens (primary N) is 1. The molecule has 0 aromatic carbocycles. The molecule has 4 rings (SSSR count). The van der Waals surface area contributed by atoms with Crippen LogP contribution < -0.4 is 11.1 Å². The highest BCUT2D eigenvalue weighted by molar-refractivity contribution is 7.99. The van der Waals surface area contributed by atoms with Crippen LogP contribution in [-0.4, -0.2) is 27.5 Å². The van der Waals surface area contributed by atoms with E-state index in [1.807, 2.05) is 0 Å². The largest absolute Gasteiger partial charge is 0.463 e. The number of nitrogens with one attached hydrogen (secondary N) is 1. The van der Waals surface area contributed by atoms with E-state index >= 15 is 0 Å². The summed E-state index contributed by atoms with van der Waals surface area (Å²) in [5.74, 6) is -0.640. The van der Waals surface area contributed by atoms with E-state index in [4.69, 9.17) is 10.2 Å². The van der Waals surface area contributed by atoms with Gasteiger partial charge < -0.3 is 15.5 Å². The second-order valence-electron chi connectivity index (χ2n) is 6.97. The molecule has 0 aliphatic heterocycles. The van der Waals surface area contributed by atoms with Gasteiger partial charge in [-0.3, -0.25) is 9.59 Å². The molecule has 12 heteroatoms. The molecule has 3 aromatic heterocycles. The van der Waals surface area contributed by atoms with Gasteiger partial charge in [0, 0.05) is 17.1 Å². The van der Waals surface area contributed by atoms with E-state index in [0.29, 0.717) is 10.6 Å². The quantitative estimate of drug-likeness (QED) is 0.378. The first-order chi connectivity index (χ1) is 15.2. The van der Waals surface area contributed by atoms with Gasteiger partial charge in [0.1, 0.15) is 16.4 Å². The number of amides is 2. The molecule has 3 heterocycles. The van der Waals surface area contributed by atoms with Crippen LogP contribution >= 0.6 is 23.1 Å². The lowest BCUT2D eigenvalue weighted by Crippen LogP contribution is -2.18. The number of hydrogen-bond donors (Lipinski definition) is 2. The molecular formula is C20H17F3N4O3S2. The molecular weight excluding hydrogens is 465 g/mol. The Morgan fingerprint density at radius 3 is 2.78 bits per heavy atom. The van der Waals surface area contributed by atoms with Gasteiger partial charge in [0.2, 0.25) is 5.91 Å². The molecule has 0 spiro atoms. The Hall–Kier alpha value is -2.86. The molecule has 0 fully saturated rings. The fraction of sp³-hybridized carbons (Fsp3) is 0.300. The average molecular weight is 483 g/mol. The second kappa shape index (κ2) is 8.94. The van der Waals surface area contributed by atoms with Crippen LogP contribution in [0, 0.1) is 0 Å². The first-order valence-electron chi connectivity index (χ1n) is 9.59. The van der Waals surface area contributed by atoms with Crippen LogP contribution in [0.2, 0.25) is 0 Å². The normalized spacial score (nSPS) is 13.2. The molecule has 32 heavy (non-hydrogen) atoms. The standard InChI is InChI=1S/C20H17F3N4O3S2/c21-20(22,23)14-9-11(12-4-2-7-30-12)25-19(26-14)31-8-6-15(28)27-18-16(17(24)29)10-3-1-5-13(10)32-18/h2,4,7,9H,1,3,5-6,8H2,(H2,24,29)(H,27,28). The van der Waals surface area contributed by atoms with Crippen molar-refractivity contribution >= 4 is 39.9 Å². The van der Waals surface area contributed by atoms with Crippen LogP contribution in [0.4, 0.5) is 18.2 Å². The molecule has 168 valence electrons. The molecule has 0 saturated heterocycles. The number of anilines is 1. The van der Waals surface area contributed by atoms with Crippen LogP contribution in [0.5, 0.6) is 0 Å². The van der Waals surface area contributed by atoms with E-state index in [9.17, 15) is 22.8 Å². The van der Waals surface area contributed by atoms with Crippen LogP contribution in [0.3, 0.4) is 0 Å². The van der Waals surface area contributed by atoms with Crippen LogP contribution in [-0.2, 0) is 23.8 Å². The minimum atomic E-state index is -4.65. The number of hydrogen-bond acceptors (Lipinski definition) is 7. The number of rotatable bonds is 7. The summed E-state index contributed by atoms with van der Waals surface area (Å²) in [6, 6.07) is 3.86. The number of carbonyl (C=O) groups excluding carboxylic acids is 2. The highest BCUT2D eigenvalue weighted by atomic mass is 32.2. The molecule has 3 N–H and O–H groups in total. The number of fused-ring (bicyclic) bond motifs is 1. The van der Waals surface area contributed by atoms with E-state index in [0.717, 1.165) is 47.5 Å². The summed E-state index contributed by atoms with van der Waals surface area (Å²) in [6.07, 6.45) is -0.785. The lowest BCUT2D eigenvalue weighted by Gasteiger charge is -2.09. The monoisotopic (exact) mass is 482 g/mol. The molecule has 0 saturated carbocycles. The minimum Gasteiger partial charge on any atom is -0.463 e. The van der Waals surface area contributed by atoms with Crippen molar-refractivity contribution in [3.05, 3.63) is 46.2 Å². The summed E-state index contributed by atoms with van der Waals surface area (Å²) in [4.78, 5) is 32.9. The third-order valence-electron chi connectivity index (χ3n) is 4.75. The molecule has 7 nitrogen and oxygen atoms in total. The number of furan rings is 1. The average Bonchev–Trinajstić information content (AvgIpc) is 3.44. The molecule has 0 bridgehead atoms. The van der Waals surface area contributed by atoms with Gasteiger partial charge in [-0.1, -0.05) is 11.8 Å². The summed E-state index contributed by atoms with van der Waals surface area (Å²) >= 11 is 2.26. The zero-order valence-corrected chi connectivity index (χ0v) is 18.1. The van der Waals surface area contributed by atoms with Gasteiger partial charge in [0.15, 0.2) is 10.9 Å². The predicted octanol–water partition coefficient (Wildman–Crippen LogP) is 4.53. The lowest BCUT2D eigenvalue weighted by atomic mass is 10.1. The van der Waals surface area contributed by atoms with E-state index in [2.05, 4.69) is 15.3 Å². The van der Waals surface area contributed by atoms with E-state index in [1.165, 1.54) is 23.7 Å². The van der Waals surface area contributed by atoms with Gasteiger partial charge in [-0.25, -0.2) is 9.97 Å². The maximum absolute atomic E-state index is 13.2. The number of thiophene rings is 1. The Morgan fingerprint density at radius 2 is 2.09 bits per heavy atom. The maximum Gasteiger partial charge on any atom is 0.433 e. The number of alkyl halides is 3. The minimum absolute atomic E-state index is 0.00322. The molecule has 3 aromatic rings. The Balaban J connectivity index is 1.43. The smallest absolute Gasteiger partial charge is 0.433 e. The summed E-state index contributed by atoms with van der Waals surface area (Å²) in [6.45, 7) is 0. The van der Waals surface area contributed by atoms with Crippen molar-refractivity contribution in [2.24, 2.45) is 5.73 Å². The highest BCUT2D eigenvalue weighted by Crippen LogP contribution is 2.39. The van der Waals surface area contributed by atoms with E-state index < -0.39 is 17.8 Å². The summed E-state index contributed by atoms with van der Waals surface area (Å²) in [5, 5.41) is 3.01. The summed E-state index contributed by atoms with van der Waals surface area (Å²) in [5.41, 5.74) is 5.65. The SMILES string of the molecule is NC(=O)c1c(NC(=O)CCSc2nc(-c3ccco3)cc(C(F)(F)F)n2)sc2c1CCC2. The molecule has 0 radical (unpaired) electrons.